The van der Waals surface area contributed by atoms with Crippen LogP contribution in [0.2, 0.25) is 0 Å². The van der Waals surface area contributed by atoms with Gasteiger partial charge in [-0.25, -0.2) is 0 Å². The first-order chi connectivity index (χ1) is 6.82. The SMILES string of the molecule is CC(O)C(O)[C@H](N)C(=O)C(=O)[C@H](O)CO. The van der Waals surface area contributed by atoms with E-state index in [9.17, 15) is 14.7 Å². The van der Waals surface area contributed by atoms with Gasteiger partial charge in [0.15, 0.2) is 0 Å². The zero-order valence-electron chi connectivity index (χ0n) is 8.20. The highest BCUT2D eigenvalue weighted by Crippen LogP contribution is 2.01. The van der Waals surface area contributed by atoms with E-state index < -0.39 is 42.5 Å². The first-order valence-electron chi connectivity index (χ1n) is 4.31. The monoisotopic (exact) mass is 221 g/mol. The first-order valence-corrected chi connectivity index (χ1v) is 4.31. The Morgan fingerprint density at radius 2 is 1.67 bits per heavy atom. The highest BCUT2D eigenvalue weighted by Gasteiger charge is 2.33. The Morgan fingerprint density at radius 3 is 2.00 bits per heavy atom. The second-order valence-electron chi connectivity index (χ2n) is 3.18. The largest absolute Gasteiger partial charge is 0.393 e. The molecule has 88 valence electrons. The van der Waals surface area contributed by atoms with Gasteiger partial charge in [-0.1, -0.05) is 0 Å². The zero-order chi connectivity index (χ0) is 12.2. The van der Waals surface area contributed by atoms with Crippen molar-refractivity contribution < 1.29 is 30.0 Å². The van der Waals surface area contributed by atoms with Gasteiger partial charge in [-0.05, 0) is 6.92 Å². The Balaban J connectivity index is 4.51. The van der Waals surface area contributed by atoms with E-state index in [1.807, 2.05) is 0 Å². The summed E-state index contributed by atoms with van der Waals surface area (Å²) in [5, 5.41) is 35.3. The van der Waals surface area contributed by atoms with E-state index >= 15 is 0 Å². The van der Waals surface area contributed by atoms with Crippen molar-refractivity contribution in [3.05, 3.63) is 0 Å². The third kappa shape index (κ3) is 3.65. The molecular weight excluding hydrogens is 206 g/mol. The molecule has 0 aliphatic rings. The average Bonchev–Trinajstić information content (AvgIpc) is 2.23. The number of carbonyl (C=O) groups excluding carboxylic acids is 2. The van der Waals surface area contributed by atoms with Crippen LogP contribution in [0.25, 0.3) is 0 Å². The van der Waals surface area contributed by atoms with Gasteiger partial charge in [-0.2, -0.15) is 0 Å². The van der Waals surface area contributed by atoms with Gasteiger partial charge in [-0.3, -0.25) is 9.59 Å². The molecule has 0 spiro atoms. The van der Waals surface area contributed by atoms with Gasteiger partial charge < -0.3 is 26.2 Å². The molecule has 0 aromatic carbocycles. The molecular formula is C8H15NO6. The van der Waals surface area contributed by atoms with Crippen molar-refractivity contribution in [3.8, 4) is 0 Å². The number of Topliss-reactive ketones (excluding diaryl/α,β-unsaturated/α-hetero) is 2. The van der Waals surface area contributed by atoms with Gasteiger partial charge in [0, 0.05) is 0 Å². The Morgan fingerprint density at radius 1 is 1.20 bits per heavy atom. The zero-order valence-corrected chi connectivity index (χ0v) is 8.20. The highest BCUT2D eigenvalue weighted by atomic mass is 16.3. The predicted molar refractivity (Wildman–Crippen MR) is 48.8 cm³/mol. The van der Waals surface area contributed by atoms with Crippen LogP contribution < -0.4 is 5.73 Å². The Hall–Kier alpha value is -0.860. The van der Waals surface area contributed by atoms with Gasteiger partial charge in [-0.15, -0.1) is 0 Å². The van der Waals surface area contributed by atoms with Crippen molar-refractivity contribution in [1.29, 1.82) is 0 Å². The van der Waals surface area contributed by atoms with Crippen molar-refractivity contribution in [2.45, 2.75) is 31.3 Å². The summed E-state index contributed by atoms with van der Waals surface area (Å²) in [6, 6.07) is -1.61. The Kier molecular flexibility index (Phi) is 5.55. The lowest BCUT2D eigenvalue weighted by molar-refractivity contribution is -0.145. The number of aliphatic hydroxyl groups excluding tert-OH is 4. The quantitative estimate of drug-likeness (QED) is 0.293. The van der Waals surface area contributed by atoms with Crippen LogP contribution in [0.4, 0.5) is 0 Å². The first kappa shape index (κ1) is 14.1. The average molecular weight is 221 g/mol. The van der Waals surface area contributed by atoms with E-state index in [2.05, 4.69) is 0 Å². The highest BCUT2D eigenvalue weighted by molar-refractivity contribution is 6.40. The minimum atomic E-state index is -1.84. The smallest absolute Gasteiger partial charge is 0.230 e. The molecule has 2 unspecified atom stereocenters. The number of hydrogen-bond donors (Lipinski definition) is 5. The maximum absolute atomic E-state index is 11.2. The molecule has 0 aliphatic carbocycles. The van der Waals surface area contributed by atoms with E-state index in [0.29, 0.717) is 0 Å². The summed E-state index contributed by atoms with van der Waals surface area (Å²) in [5.41, 5.74) is 5.18. The molecule has 7 nitrogen and oxygen atoms in total. The second-order valence-corrected chi connectivity index (χ2v) is 3.18. The van der Waals surface area contributed by atoms with Crippen LogP contribution in [0, 0.1) is 0 Å². The standard InChI is InChI=1S/C8H15NO6/c1-3(11)6(13)5(9)8(15)7(14)4(12)2-10/h3-6,10-13H,2,9H2,1H3/t3?,4-,5+,6?/m1/s1. The predicted octanol–water partition coefficient (Wildman–Crippen LogP) is -3.45. The molecule has 0 rings (SSSR count). The van der Waals surface area contributed by atoms with Gasteiger partial charge >= 0.3 is 0 Å². The molecule has 0 fully saturated rings. The molecule has 0 aliphatic heterocycles. The fraction of sp³-hybridized carbons (Fsp3) is 0.750. The lowest BCUT2D eigenvalue weighted by atomic mass is 9.98. The van der Waals surface area contributed by atoms with Crippen molar-refractivity contribution in [3.63, 3.8) is 0 Å². The van der Waals surface area contributed by atoms with Crippen LogP contribution in [0.5, 0.6) is 0 Å². The maximum Gasteiger partial charge on any atom is 0.230 e. The molecule has 0 heterocycles. The molecule has 6 N–H and O–H groups in total. The summed E-state index contributed by atoms with van der Waals surface area (Å²) >= 11 is 0. The Labute approximate surface area is 86.1 Å². The number of ketones is 2. The van der Waals surface area contributed by atoms with E-state index in [0.717, 1.165) is 0 Å². The van der Waals surface area contributed by atoms with E-state index in [1.165, 1.54) is 6.92 Å². The van der Waals surface area contributed by atoms with Crippen LogP contribution in [0.1, 0.15) is 6.92 Å². The molecule has 7 heteroatoms. The second kappa shape index (κ2) is 5.89. The number of aliphatic hydroxyl groups is 4. The lowest BCUT2D eigenvalue weighted by Crippen LogP contribution is -2.52. The number of rotatable bonds is 6. The third-order valence-corrected chi connectivity index (χ3v) is 1.88. The van der Waals surface area contributed by atoms with Crippen molar-refractivity contribution in [2.75, 3.05) is 6.61 Å². The molecule has 4 atom stereocenters. The summed E-state index contributed by atoms with van der Waals surface area (Å²) in [6.45, 7) is 0.298. The normalized spacial score (nSPS) is 19.1. The van der Waals surface area contributed by atoms with E-state index in [-0.39, 0.29) is 0 Å². The van der Waals surface area contributed by atoms with Crippen LogP contribution in [-0.4, -0.2) is 63.0 Å². The van der Waals surface area contributed by atoms with Gasteiger partial charge in [0.2, 0.25) is 11.6 Å². The molecule has 15 heavy (non-hydrogen) atoms. The maximum atomic E-state index is 11.2. The van der Waals surface area contributed by atoms with Crippen molar-refractivity contribution in [1.82, 2.24) is 0 Å². The van der Waals surface area contributed by atoms with Crippen molar-refractivity contribution >= 4 is 11.6 Å². The molecule has 0 aromatic rings. The summed E-state index contributed by atoms with van der Waals surface area (Å²) in [5.74, 6) is -2.52. The van der Waals surface area contributed by atoms with Crippen molar-refractivity contribution in [2.24, 2.45) is 5.73 Å². The van der Waals surface area contributed by atoms with Crippen LogP contribution >= 0.6 is 0 Å². The molecule has 0 bridgehead atoms. The summed E-state index contributed by atoms with van der Waals surface area (Å²) in [6.07, 6.45) is -4.71. The summed E-state index contributed by atoms with van der Waals surface area (Å²) < 4.78 is 0. The Bertz CT molecular complexity index is 241. The third-order valence-electron chi connectivity index (χ3n) is 1.88. The van der Waals surface area contributed by atoms with Gasteiger partial charge in [0.25, 0.3) is 0 Å². The van der Waals surface area contributed by atoms with E-state index in [1.54, 1.807) is 0 Å². The molecule has 0 radical (unpaired) electrons. The summed E-state index contributed by atoms with van der Waals surface area (Å²) in [7, 11) is 0. The fourth-order valence-electron chi connectivity index (χ4n) is 0.867. The number of carbonyl (C=O) groups is 2. The molecule has 0 saturated carbocycles. The fourth-order valence-corrected chi connectivity index (χ4v) is 0.867. The molecule has 0 saturated heterocycles. The van der Waals surface area contributed by atoms with E-state index in [4.69, 9.17) is 21.1 Å². The van der Waals surface area contributed by atoms with Gasteiger partial charge in [0.05, 0.1) is 12.7 Å². The summed E-state index contributed by atoms with van der Waals surface area (Å²) in [4.78, 5) is 22.2. The minimum Gasteiger partial charge on any atom is -0.393 e. The van der Waals surface area contributed by atoms with Crippen LogP contribution in [0.15, 0.2) is 0 Å². The number of hydrogen-bond acceptors (Lipinski definition) is 7. The minimum absolute atomic E-state index is 0.901. The molecule has 0 amide bonds. The van der Waals surface area contributed by atoms with Crippen LogP contribution in [0.3, 0.4) is 0 Å². The van der Waals surface area contributed by atoms with Crippen LogP contribution in [-0.2, 0) is 9.59 Å². The lowest BCUT2D eigenvalue weighted by Gasteiger charge is -2.19. The topological polar surface area (TPSA) is 141 Å². The number of nitrogens with two attached hydrogens (primary N) is 1. The molecule has 0 aromatic heterocycles. The van der Waals surface area contributed by atoms with Gasteiger partial charge in [0.1, 0.15) is 18.2 Å².